The van der Waals surface area contributed by atoms with Crippen LogP contribution in [0.1, 0.15) is 5.69 Å². The largest absolute Gasteiger partial charge is 0.484 e. The minimum atomic E-state index is -0.273. The Morgan fingerprint density at radius 2 is 1.76 bits per heavy atom. The lowest BCUT2D eigenvalue weighted by Crippen LogP contribution is -2.50. The van der Waals surface area contributed by atoms with Crippen molar-refractivity contribution in [1.82, 2.24) is 14.9 Å². The number of amides is 2. The van der Waals surface area contributed by atoms with E-state index in [1.165, 1.54) is 7.11 Å². The first-order valence-corrected chi connectivity index (χ1v) is 11.3. The van der Waals surface area contributed by atoms with Gasteiger partial charge in [-0.25, -0.2) is 9.97 Å². The molecule has 0 aliphatic carbocycles. The molecule has 0 saturated carbocycles. The van der Waals surface area contributed by atoms with Crippen molar-refractivity contribution < 1.29 is 19.1 Å². The third-order valence-corrected chi connectivity index (χ3v) is 5.78. The summed E-state index contributed by atoms with van der Waals surface area (Å²) in [5.41, 5.74) is 2.24. The molecule has 9 nitrogen and oxygen atoms in total. The van der Waals surface area contributed by atoms with Crippen molar-refractivity contribution in [2.45, 2.75) is 6.92 Å². The molecule has 1 aliphatic rings. The molecule has 10 heteroatoms. The molecule has 0 atom stereocenters. The summed E-state index contributed by atoms with van der Waals surface area (Å²) >= 11 is 5.86. The average Bonchev–Trinajstić information content (AvgIpc) is 2.84. The number of anilines is 2. The third kappa shape index (κ3) is 5.73. The number of halogens is 1. The lowest BCUT2D eigenvalue weighted by molar-refractivity contribution is -0.135. The topological polar surface area (TPSA) is 96.9 Å². The Bertz CT molecular complexity index is 1180. The quantitative estimate of drug-likeness (QED) is 0.551. The van der Waals surface area contributed by atoms with Gasteiger partial charge in [0.2, 0.25) is 11.9 Å². The minimum absolute atomic E-state index is 0.00842. The highest BCUT2D eigenvalue weighted by Crippen LogP contribution is 2.24. The maximum absolute atomic E-state index is 12.3. The number of benzene rings is 2. The van der Waals surface area contributed by atoms with Gasteiger partial charge >= 0.3 is 0 Å². The fourth-order valence-corrected chi connectivity index (χ4v) is 3.86. The van der Waals surface area contributed by atoms with E-state index in [9.17, 15) is 9.59 Å². The summed E-state index contributed by atoms with van der Waals surface area (Å²) in [4.78, 5) is 37.6. The van der Waals surface area contributed by atoms with Crippen LogP contribution in [0.25, 0.3) is 10.9 Å². The number of carbonyl (C=O) groups is 2. The van der Waals surface area contributed by atoms with E-state index in [0.29, 0.717) is 48.6 Å². The molecule has 3 aromatic rings. The van der Waals surface area contributed by atoms with E-state index in [2.05, 4.69) is 15.2 Å². The number of ether oxygens (including phenoxy) is 2. The predicted octanol–water partition coefficient (Wildman–Crippen LogP) is 2.90. The highest BCUT2D eigenvalue weighted by Gasteiger charge is 2.23. The van der Waals surface area contributed by atoms with E-state index in [4.69, 9.17) is 26.1 Å². The van der Waals surface area contributed by atoms with Crippen LogP contribution in [0, 0.1) is 6.92 Å². The Kier molecular flexibility index (Phi) is 7.44. The zero-order chi connectivity index (χ0) is 24.1. The number of aryl methyl sites for hydroxylation is 1. The second kappa shape index (κ2) is 10.7. The number of piperazine rings is 1. The first kappa shape index (κ1) is 23.7. The van der Waals surface area contributed by atoms with Crippen molar-refractivity contribution in [2.75, 3.05) is 56.7 Å². The number of methoxy groups -OCH3 is 1. The fourth-order valence-electron chi connectivity index (χ4n) is 3.73. The SMILES string of the molecule is COCC(=O)N1CCN(c2nc(C)c3cc(NC(=O)COc4ccc(Cl)cc4)ccc3n2)CC1. The highest BCUT2D eigenvalue weighted by atomic mass is 35.5. The predicted molar refractivity (Wildman–Crippen MR) is 131 cm³/mol. The zero-order valence-electron chi connectivity index (χ0n) is 19.1. The van der Waals surface area contributed by atoms with Crippen molar-refractivity contribution in [3.8, 4) is 5.75 Å². The van der Waals surface area contributed by atoms with E-state index in [1.54, 1.807) is 35.2 Å². The van der Waals surface area contributed by atoms with E-state index in [1.807, 2.05) is 19.1 Å². The second-order valence-electron chi connectivity index (χ2n) is 7.93. The normalized spacial score (nSPS) is 13.7. The van der Waals surface area contributed by atoms with Gasteiger partial charge in [0, 0.05) is 49.4 Å². The Labute approximate surface area is 202 Å². The molecule has 0 radical (unpaired) electrons. The molecule has 2 heterocycles. The first-order valence-electron chi connectivity index (χ1n) is 10.9. The van der Waals surface area contributed by atoms with Crippen molar-refractivity contribution >= 4 is 46.0 Å². The Morgan fingerprint density at radius 3 is 2.47 bits per heavy atom. The Morgan fingerprint density at radius 1 is 1.03 bits per heavy atom. The molecule has 2 amide bonds. The maximum atomic E-state index is 12.3. The van der Waals surface area contributed by atoms with E-state index in [0.717, 1.165) is 16.6 Å². The van der Waals surface area contributed by atoms with Crippen LogP contribution in [-0.4, -0.2) is 73.2 Å². The van der Waals surface area contributed by atoms with Crippen LogP contribution in [0.4, 0.5) is 11.6 Å². The van der Waals surface area contributed by atoms with Crippen molar-refractivity contribution in [3.63, 3.8) is 0 Å². The number of rotatable bonds is 7. The summed E-state index contributed by atoms with van der Waals surface area (Å²) in [6.07, 6.45) is 0. The molecule has 0 bridgehead atoms. The number of carbonyl (C=O) groups excluding carboxylic acids is 2. The lowest BCUT2D eigenvalue weighted by atomic mass is 10.1. The molecule has 178 valence electrons. The molecule has 34 heavy (non-hydrogen) atoms. The minimum Gasteiger partial charge on any atom is -0.484 e. The molecule has 0 unspecified atom stereocenters. The molecular weight excluding hydrogens is 458 g/mol. The zero-order valence-corrected chi connectivity index (χ0v) is 19.8. The van der Waals surface area contributed by atoms with Gasteiger partial charge in [0.15, 0.2) is 6.61 Å². The van der Waals surface area contributed by atoms with Gasteiger partial charge in [-0.3, -0.25) is 9.59 Å². The van der Waals surface area contributed by atoms with Gasteiger partial charge in [-0.05, 0) is 49.4 Å². The lowest BCUT2D eigenvalue weighted by Gasteiger charge is -2.34. The Hall–Kier alpha value is -3.43. The number of hydrogen-bond acceptors (Lipinski definition) is 7. The summed E-state index contributed by atoms with van der Waals surface area (Å²) in [7, 11) is 1.52. The van der Waals surface area contributed by atoms with Gasteiger partial charge in [0.05, 0.1) is 11.2 Å². The fraction of sp³-hybridized carbons (Fsp3) is 0.333. The van der Waals surface area contributed by atoms with Crippen LogP contribution < -0.4 is 15.0 Å². The number of nitrogens with zero attached hydrogens (tertiary/aromatic N) is 4. The summed E-state index contributed by atoms with van der Waals surface area (Å²) in [5, 5.41) is 4.30. The van der Waals surface area contributed by atoms with Crippen molar-refractivity contribution in [2.24, 2.45) is 0 Å². The van der Waals surface area contributed by atoms with Crippen molar-refractivity contribution in [3.05, 3.63) is 53.2 Å². The van der Waals surface area contributed by atoms with Gasteiger partial charge in [0.25, 0.3) is 5.91 Å². The van der Waals surface area contributed by atoms with Crippen molar-refractivity contribution in [1.29, 1.82) is 0 Å². The van der Waals surface area contributed by atoms with E-state index < -0.39 is 0 Å². The smallest absolute Gasteiger partial charge is 0.262 e. The number of fused-ring (bicyclic) bond motifs is 1. The molecule has 1 aromatic heterocycles. The molecule has 1 aliphatic heterocycles. The molecule has 2 aromatic carbocycles. The van der Waals surface area contributed by atoms with Crippen LogP contribution in [0.3, 0.4) is 0 Å². The molecular formula is C24H26ClN5O4. The summed E-state index contributed by atoms with van der Waals surface area (Å²) in [5.74, 6) is 0.923. The Balaban J connectivity index is 1.39. The molecule has 1 saturated heterocycles. The number of nitrogens with one attached hydrogen (secondary N) is 1. The molecule has 1 fully saturated rings. The first-order chi connectivity index (χ1) is 16.4. The van der Waals surface area contributed by atoms with E-state index >= 15 is 0 Å². The van der Waals surface area contributed by atoms with Crippen LogP contribution in [-0.2, 0) is 14.3 Å². The van der Waals surface area contributed by atoms with Crippen LogP contribution in [0.2, 0.25) is 5.02 Å². The second-order valence-corrected chi connectivity index (χ2v) is 8.37. The summed E-state index contributed by atoms with van der Waals surface area (Å²) in [6, 6.07) is 12.4. The average molecular weight is 484 g/mol. The van der Waals surface area contributed by atoms with Crippen LogP contribution in [0.5, 0.6) is 5.75 Å². The van der Waals surface area contributed by atoms with Gasteiger partial charge in [0.1, 0.15) is 12.4 Å². The van der Waals surface area contributed by atoms with Gasteiger partial charge in [-0.1, -0.05) is 11.6 Å². The van der Waals surface area contributed by atoms with Gasteiger partial charge in [-0.15, -0.1) is 0 Å². The monoisotopic (exact) mass is 483 g/mol. The highest BCUT2D eigenvalue weighted by molar-refractivity contribution is 6.30. The number of hydrogen-bond donors (Lipinski definition) is 1. The third-order valence-electron chi connectivity index (χ3n) is 5.52. The van der Waals surface area contributed by atoms with Crippen LogP contribution in [0.15, 0.2) is 42.5 Å². The summed E-state index contributed by atoms with van der Waals surface area (Å²) in [6.45, 7) is 4.41. The molecule has 0 spiro atoms. The van der Waals surface area contributed by atoms with Gasteiger partial charge in [-0.2, -0.15) is 0 Å². The standard InChI is InChI=1S/C24H26ClN5O4/c1-16-20-13-18(27-22(31)14-34-19-6-3-17(25)4-7-19)5-8-21(20)28-24(26-16)30-11-9-29(10-12-30)23(32)15-33-2/h3-8,13H,9-12,14-15H2,1-2H3,(H,27,31). The van der Waals surface area contributed by atoms with Gasteiger partial charge < -0.3 is 24.6 Å². The van der Waals surface area contributed by atoms with Crippen LogP contribution >= 0.6 is 11.6 Å². The summed E-state index contributed by atoms with van der Waals surface area (Å²) < 4.78 is 10.4. The maximum Gasteiger partial charge on any atom is 0.262 e. The number of aromatic nitrogens is 2. The van der Waals surface area contributed by atoms with E-state index in [-0.39, 0.29) is 25.0 Å². The molecule has 4 rings (SSSR count). The molecule has 1 N–H and O–H groups in total.